The normalized spacial score (nSPS) is 9.93. The number of hydrogen-bond acceptors (Lipinski definition) is 4. The second kappa shape index (κ2) is 5.08. The third-order valence-electron chi connectivity index (χ3n) is 1.81. The zero-order valence-corrected chi connectivity index (χ0v) is 8.34. The molecule has 0 aliphatic heterocycles. The molecule has 7 nitrogen and oxygen atoms in total. The van der Waals surface area contributed by atoms with E-state index in [1.54, 1.807) is 6.92 Å². The van der Waals surface area contributed by atoms with Crippen LogP contribution in [-0.2, 0) is 11.3 Å². The van der Waals surface area contributed by atoms with E-state index >= 15 is 0 Å². The number of amides is 1. The number of nitrogens with one attached hydrogen (secondary N) is 1. The summed E-state index contributed by atoms with van der Waals surface area (Å²) in [7, 11) is 0. The van der Waals surface area contributed by atoms with E-state index in [0.29, 0.717) is 19.5 Å². The Morgan fingerprint density at radius 1 is 1.73 bits per heavy atom. The van der Waals surface area contributed by atoms with Gasteiger partial charge < -0.3 is 5.32 Å². The maximum atomic E-state index is 10.9. The summed E-state index contributed by atoms with van der Waals surface area (Å²) in [5.74, 6) is -0.0448. The van der Waals surface area contributed by atoms with Crippen LogP contribution in [-0.4, -0.2) is 27.2 Å². The van der Waals surface area contributed by atoms with E-state index in [1.807, 2.05) is 0 Å². The first-order valence-corrected chi connectivity index (χ1v) is 4.57. The number of nitro groups is 1. The molecule has 1 heterocycles. The first kappa shape index (κ1) is 11.2. The Kier molecular flexibility index (Phi) is 3.78. The molecule has 0 radical (unpaired) electrons. The van der Waals surface area contributed by atoms with Crippen LogP contribution in [0.4, 0.5) is 5.69 Å². The third kappa shape index (κ3) is 3.37. The van der Waals surface area contributed by atoms with E-state index in [-0.39, 0.29) is 11.6 Å². The van der Waals surface area contributed by atoms with E-state index < -0.39 is 4.92 Å². The highest BCUT2D eigenvalue weighted by Gasteiger charge is 2.08. The molecule has 7 heteroatoms. The van der Waals surface area contributed by atoms with Gasteiger partial charge in [0.25, 0.3) is 0 Å². The van der Waals surface area contributed by atoms with Crippen molar-refractivity contribution in [1.82, 2.24) is 15.1 Å². The summed E-state index contributed by atoms with van der Waals surface area (Å²) < 4.78 is 1.42. The van der Waals surface area contributed by atoms with Crippen molar-refractivity contribution in [2.45, 2.75) is 19.9 Å². The van der Waals surface area contributed by atoms with Gasteiger partial charge in [-0.15, -0.1) is 0 Å². The Hall–Kier alpha value is -1.92. The highest BCUT2D eigenvalue weighted by molar-refractivity contribution is 5.75. The average molecular weight is 212 g/mol. The van der Waals surface area contributed by atoms with Crippen molar-refractivity contribution in [2.75, 3.05) is 6.54 Å². The molecule has 0 spiro atoms. The lowest BCUT2D eigenvalue weighted by atomic mass is 10.4. The third-order valence-corrected chi connectivity index (χ3v) is 1.81. The summed E-state index contributed by atoms with van der Waals surface area (Å²) in [6, 6.07) is 0. The van der Waals surface area contributed by atoms with E-state index in [1.165, 1.54) is 17.1 Å². The summed E-state index contributed by atoms with van der Waals surface area (Å²) in [5.41, 5.74) is -0.0446. The zero-order chi connectivity index (χ0) is 11.3. The van der Waals surface area contributed by atoms with Gasteiger partial charge in [0.1, 0.15) is 12.4 Å². The van der Waals surface area contributed by atoms with Crippen LogP contribution >= 0.6 is 0 Å². The SMILES string of the molecule is CCC(=O)NCCn1cc([N+](=O)[O-])cn1. The monoisotopic (exact) mass is 212 g/mol. The van der Waals surface area contributed by atoms with Crippen LogP contribution in [0.3, 0.4) is 0 Å². The molecule has 0 unspecified atom stereocenters. The van der Waals surface area contributed by atoms with Crippen LogP contribution in [0.5, 0.6) is 0 Å². The molecule has 0 fully saturated rings. The van der Waals surface area contributed by atoms with E-state index in [0.717, 1.165) is 0 Å². The van der Waals surface area contributed by atoms with Gasteiger partial charge in [-0.1, -0.05) is 6.92 Å². The molecular formula is C8H12N4O3. The minimum Gasteiger partial charge on any atom is -0.354 e. The van der Waals surface area contributed by atoms with E-state index in [4.69, 9.17) is 0 Å². The fourth-order valence-electron chi connectivity index (χ4n) is 1.00. The maximum absolute atomic E-state index is 10.9. The van der Waals surface area contributed by atoms with Gasteiger partial charge in [0, 0.05) is 13.0 Å². The summed E-state index contributed by atoms with van der Waals surface area (Å²) in [6.07, 6.45) is 2.94. The summed E-state index contributed by atoms with van der Waals surface area (Å²) in [4.78, 5) is 20.7. The van der Waals surface area contributed by atoms with Crippen LogP contribution in [0.2, 0.25) is 0 Å². The lowest BCUT2D eigenvalue weighted by Gasteiger charge is -2.02. The molecule has 1 amide bonds. The van der Waals surface area contributed by atoms with E-state index in [9.17, 15) is 14.9 Å². The van der Waals surface area contributed by atoms with Gasteiger partial charge in [-0.2, -0.15) is 5.10 Å². The van der Waals surface area contributed by atoms with Crippen molar-refractivity contribution in [3.8, 4) is 0 Å². The van der Waals surface area contributed by atoms with Gasteiger partial charge in [0.2, 0.25) is 5.91 Å². The van der Waals surface area contributed by atoms with Gasteiger partial charge in [0.15, 0.2) is 0 Å². The Balaban J connectivity index is 2.38. The molecule has 1 aromatic heterocycles. The fraction of sp³-hybridized carbons (Fsp3) is 0.500. The van der Waals surface area contributed by atoms with Crippen LogP contribution in [0.25, 0.3) is 0 Å². The number of nitrogens with zero attached hydrogens (tertiary/aromatic N) is 3. The summed E-state index contributed by atoms with van der Waals surface area (Å²) >= 11 is 0. The molecule has 1 rings (SSSR count). The fourth-order valence-corrected chi connectivity index (χ4v) is 1.00. The summed E-state index contributed by atoms with van der Waals surface area (Å²) in [6.45, 7) is 2.61. The Labute approximate surface area is 86.2 Å². The molecule has 0 aliphatic rings. The molecule has 0 aliphatic carbocycles. The number of hydrogen-bond donors (Lipinski definition) is 1. The lowest BCUT2D eigenvalue weighted by molar-refractivity contribution is -0.385. The molecule has 0 aromatic carbocycles. The van der Waals surface area contributed by atoms with Crippen molar-refractivity contribution in [2.24, 2.45) is 0 Å². The zero-order valence-electron chi connectivity index (χ0n) is 8.34. The Morgan fingerprint density at radius 3 is 3.00 bits per heavy atom. The van der Waals surface area contributed by atoms with Gasteiger partial charge >= 0.3 is 5.69 Å². The molecule has 1 aromatic rings. The van der Waals surface area contributed by atoms with Crippen molar-refractivity contribution in [3.05, 3.63) is 22.5 Å². The smallest absolute Gasteiger partial charge is 0.306 e. The largest absolute Gasteiger partial charge is 0.354 e. The Bertz CT molecular complexity index is 361. The van der Waals surface area contributed by atoms with Gasteiger partial charge in [-0.25, -0.2) is 0 Å². The second-order valence-electron chi connectivity index (χ2n) is 2.92. The molecule has 0 saturated carbocycles. The molecule has 0 saturated heterocycles. The van der Waals surface area contributed by atoms with Crippen LogP contribution in [0, 0.1) is 10.1 Å². The van der Waals surface area contributed by atoms with E-state index in [2.05, 4.69) is 10.4 Å². The molecule has 15 heavy (non-hydrogen) atoms. The Morgan fingerprint density at radius 2 is 2.47 bits per heavy atom. The number of carbonyl (C=O) groups excluding carboxylic acids is 1. The van der Waals surface area contributed by atoms with Crippen molar-refractivity contribution >= 4 is 11.6 Å². The lowest BCUT2D eigenvalue weighted by Crippen LogP contribution is -2.26. The highest BCUT2D eigenvalue weighted by Crippen LogP contribution is 2.06. The number of carbonyl (C=O) groups is 1. The standard InChI is InChI=1S/C8H12N4O3/c1-2-8(13)9-3-4-11-6-7(5-10-11)12(14)15/h5-6H,2-4H2,1H3,(H,9,13). The molecular weight excluding hydrogens is 200 g/mol. The first-order valence-electron chi connectivity index (χ1n) is 4.57. The van der Waals surface area contributed by atoms with Crippen molar-refractivity contribution < 1.29 is 9.72 Å². The number of rotatable bonds is 5. The highest BCUT2D eigenvalue weighted by atomic mass is 16.6. The minimum absolute atomic E-state index is 0.0446. The predicted octanol–water partition coefficient (Wildman–Crippen LogP) is 0.317. The molecule has 1 N–H and O–H groups in total. The topological polar surface area (TPSA) is 90.1 Å². The first-order chi connectivity index (χ1) is 7.13. The average Bonchev–Trinajstić information content (AvgIpc) is 2.66. The second-order valence-corrected chi connectivity index (χ2v) is 2.92. The maximum Gasteiger partial charge on any atom is 0.306 e. The van der Waals surface area contributed by atoms with Gasteiger partial charge in [-0.3, -0.25) is 19.6 Å². The van der Waals surface area contributed by atoms with Gasteiger partial charge in [0.05, 0.1) is 11.5 Å². The van der Waals surface area contributed by atoms with Crippen LogP contribution in [0.1, 0.15) is 13.3 Å². The van der Waals surface area contributed by atoms with Gasteiger partial charge in [-0.05, 0) is 0 Å². The van der Waals surface area contributed by atoms with Crippen molar-refractivity contribution in [1.29, 1.82) is 0 Å². The molecule has 82 valence electrons. The van der Waals surface area contributed by atoms with Crippen molar-refractivity contribution in [3.63, 3.8) is 0 Å². The van der Waals surface area contributed by atoms with Crippen LogP contribution in [0.15, 0.2) is 12.4 Å². The summed E-state index contributed by atoms with van der Waals surface area (Å²) in [5, 5.41) is 16.8. The molecule has 0 bridgehead atoms. The molecule has 0 atom stereocenters. The predicted molar refractivity (Wildman–Crippen MR) is 52.2 cm³/mol. The quantitative estimate of drug-likeness (QED) is 0.562. The number of aromatic nitrogens is 2. The minimum atomic E-state index is -0.506. The van der Waals surface area contributed by atoms with Crippen LogP contribution < -0.4 is 5.32 Å².